The van der Waals surface area contributed by atoms with Crippen LogP contribution in [0.25, 0.3) is 0 Å². The minimum Gasteiger partial charge on any atom is -0.368 e. The molecule has 15 heavy (non-hydrogen) atoms. The molecule has 0 aliphatic carbocycles. The van der Waals surface area contributed by atoms with E-state index in [0.717, 1.165) is 25.9 Å². The van der Waals surface area contributed by atoms with Crippen LogP contribution in [0.5, 0.6) is 0 Å². The summed E-state index contributed by atoms with van der Waals surface area (Å²) in [5.74, 6) is 0. The number of aliphatic hydroxyl groups is 1. The van der Waals surface area contributed by atoms with Gasteiger partial charge in [-0.1, -0.05) is 52.4 Å². The summed E-state index contributed by atoms with van der Waals surface area (Å²) in [6.07, 6.45) is 9.95. The Kier molecular flexibility index (Phi) is 11.9. The van der Waals surface area contributed by atoms with E-state index in [-0.39, 0.29) is 0 Å². The second-order valence-corrected chi connectivity index (χ2v) is 4.24. The highest BCUT2D eigenvalue weighted by molar-refractivity contribution is 4.46. The van der Waals surface area contributed by atoms with Crippen molar-refractivity contribution in [1.29, 1.82) is 0 Å². The topological polar surface area (TPSA) is 29.5 Å². The van der Waals surface area contributed by atoms with Crippen LogP contribution in [0, 0.1) is 0 Å². The summed E-state index contributed by atoms with van der Waals surface area (Å²) < 4.78 is 5.32. The molecule has 0 radical (unpaired) electrons. The van der Waals surface area contributed by atoms with Gasteiger partial charge in [-0.05, 0) is 19.3 Å². The fraction of sp³-hybridized carbons (Fsp3) is 1.00. The number of unbranched alkanes of at least 4 members (excludes halogenated alkanes) is 6. The Bertz CT molecular complexity index is 115. The Hall–Kier alpha value is -0.0800. The first-order valence-electron chi connectivity index (χ1n) is 6.61. The molecule has 1 atom stereocenters. The largest absolute Gasteiger partial charge is 0.368 e. The minimum atomic E-state index is -0.525. The maximum atomic E-state index is 9.46. The highest BCUT2D eigenvalue weighted by Gasteiger charge is 2.02. The summed E-state index contributed by atoms with van der Waals surface area (Å²) in [5, 5.41) is 9.46. The van der Waals surface area contributed by atoms with Crippen molar-refractivity contribution in [3.63, 3.8) is 0 Å². The van der Waals surface area contributed by atoms with Gasteiger partial charge in [-0.25, -0.2) is 0 Å². The lowest BCUT2D eigenvalue weighted by Crippen LogP contribution is -2.12. The molecule has 0 spiro atoms. The van der Waals surface area contributed by atoms with Crippen molar-refractivity contribution in [2.45, 2.75) is 77.9 Å². The van der Waals surface area contributed by atoms with Gasteiger partial charge in [-0.15, -0.1) is 0 Å². The van der Waals surface area contributed by atoms with Crippen LogP contribution in [0.2, 0.25) is 0 Å². The van der Waals surface area contributed by atoms with Gasteiger partial charge in [0.15, 0.2) is 6.29 Å². The maximum absolute atomic E-state index is 9.46. The predicted octanol–water partition coefficient (Wildman–Crippen LogP) is 3.87. The maximum Gasteiger partial charge on any atom is 0.154 e. The van der Waals surface area contributed by atoms with Crippen LogP contribution in [0.15, 0.2) is 0 Å². The molecule has 0 aromatic heterocycles. The van der Waals surface area contributed by atoms with Crippen LogP contribution in [0.1, 0.15) is 71.6 Å². The third-order valence-electron chi connectivity index (χ3n) is 2.61. The number of hydrogen-bond donors (Lipinski definition) is 1. The SMILES string of the molecule is CCCCCCCOC(O)CCCCC. The fourth-order valence-electron chi connectivity index (χ4n) is 1.58. The molecule has 0 aliphatic rings. The zero-order valence-corrected chi connectivity index (χ0v) is 10.5. The zero-order valence-electron chi connectivity index (χ0n) is 10.5. The van der Waals surface area contributed by atoms with E-state index in [1.165, 1.54) is 38.5 Å². The first-order valence-corrected chi connectivity index (χ1v) is 6.61. The van der Waals surface area contributed by atoms with Crippen LogP contribution in [-0.4, -0.2) is 18.0 Å². The number of aliphatic hydroxyl groups excluding tert-OH is 1. The lowest BCUT2D eigenvalue weighted by molar-refractivity contribution is -0.105. The van der Waals surface area contributed by atoms with E-state index in [4.69, 9.17) is 4.74 Å². The van der Waals surface area contributed by atoms with Gasteiger partial charge in [-0.3, -0.25) is 0 Å². The molecule has 2 heteroatoms. The summed E-state index contributed by atoms with van der Waals surface area (Å²) in [7, 11) is 0. The van der Waals surface area contributed by atoms with Crippen molar-refractivity contribution < 1.29 is 9.84 Å². The Morgan fingerprint density at radius 3 is 2.13 bits per heavy atom. The molecule has 0 saturated carbocycles. The Morgan fingerprint density at radius 1 is 0.867 bits per heavy atom. The summed E-state index contributed by atoms with van der Waals surface area (Å²) in [5.41, 5.74) is 0. The monoisotopic (exact) mass is 216 g/mol. The molecule has 1 unspecified atom stereocenters. The van der Waals surface area contributed by atoms with Gasteiger partial charge in [0.1, 0.15) is 0 Å². The molecule has 0 aromatic rings. The summed E-state index contributed by atoms with van der Waals surface area (Å²) in [6.45, 7) is 5.10. The van der Waals surface area contributed by atoms with E-state index >= 15 is 0 Å². The number of ether oxygens (including phenoxy) is 1. The molecule has 0 saturated heterocycles. The zero-order chi connectivity index (χ0) is 11.4. The molecule has 92 valence electrons. The molecule has 1 N–H and O–H groups in total. The number of rotatable bonds is 11. The van der Waals surface area contributed by atoms with Crippen molar-refractivity contribution in [2.75, 3.05) is 6.61 Å². The van der Waals surface area contributed by atoms with Crippen molar-refractivity contribution in [2.24, 2.45) is 0 Å². The van der Waals surface area contributed by atoms with E-state index in [9.17, 15) is 5.11 Å². The van der Waals surface area contributed by atoms with Crippen molar-refractivity contribution >= 4 is 0 Å². The molecule has 2 nitrogen and oxygen atoms in total. The first-order chi connectivity index (χ1) is 7.31. The normalized spacial score (nSPS) is 13.0. The Morgan fingerprint density at radius 2 is 1.47 bits per heavy atom. The third-order valence-corrected chi connectivity index (χ3v) is 2.61. The van der Waals surface area contributed by atoms with Gasteiger partial charge >= 0.3 is 0 Å². The second-order valence-electron chi connectivity index (χ2n) is 4.24. The van der Waals surface area contributed by atoms with Crippen molar-refractivity contribution in [1.82, 2.24) is 0 Å². The van der Waals surface area contributed by atoms with Gasteiger partial charge in [-0.2, -0.15) is 0 Å². The lowest BCUT2D eigenvalue weighted by atomic mass is 10.2. The molecular weight excluding hydrogens is 188 g/mol. The molecule has 0 amide bonds. The highest BCUT2D eigenvalue weighted by atomic mass is 16.6. The predicted molar refractivity (Wildman–Crippen MR) is 64.9 cm³/mol. The number of hydrogen-bond acceptors (Lipinski definition) is 2. The average Bonchev–Trinajstić information content (AvgIpc) is 2.23. The smallest absolute Gasteiger partial charge is 0.154 e. The van der Waals surface area contributed by atoms with Gasteiger partial charge in [0.05, 0.1) is 0 Å². The molecule has 0 heterocycles. The van der Waals surface area contributed by atoms with Gasteiger partial charge in [0.25, 0.3) is 0 Å². The molecule has 0 bridgehead atoms. The average molecular weight is 216 g/mol. The van der Waals surface area contributed by atoms with Gasteiger partial charge < -0.3 is 9.84 Å². The van der Waals surface area contributed by atoms with Crippen LogP contribution in [-0.2, 0) is 4.74 Å². The van der Waals surface area contributed by atoms with Gasteiger partial charge in [0, 0.05) is 6.61 Å². The van der Waals surface area contributed by atoms with Crippen LogP contribution < -0.4 is 0 Å². The fourth-order valence-corrected chi connectivity index (χ4v) is 1.58. The third kappa shape index (κ3) is 11.8. The molecular formula is C13H28O2. The van der Waals surface area contributed by atoms with Crippen molar-refractivity contribution in [3.8, 4) is 0 Å². The minimum absolute atomic E-state index is 0.525. The van der Waals surface area contributed by atoms with E-state index < -0.39 is 6.29 Å². The second kappa shape index (κ2) is 12.0. The standard InChI is InChI=1S/C13H28O2/c1-3-5-7-8-10-12-15-13(14)11-9-6-4-2/h13-14H,3-12H2,1-2H3. The van der Waals surface area contributed by atoms with Crippen LogP contribution >= 0.6 is 0 Å². The van der Waals surface area contributed by atoms with Crippen LogP contribution in [0.3, 0.4) is 0 Å². The van der Waals surface area contributed by atoms with E-state index in [1.54, 1.807) is 0 Å². The molecule has 0 aromatic carbocycles. The van der Waals surface area contributed by atoms with Crippen molar-refractivity contribution in [3.05, 3.63) is 0 Å². The van der Waals surface area contributed by atoms with Gasteiger partial charge in [0.2, 0.25) is 0 Å². The van der Waals surface area contributed by atoms with E-state index in [0.29, 0.717) is 0 Å². The summed E-state index contributed by atoms with van der Waals surface area (Å²) in [4.78, 5) is 0. The Balaban J connectivity index is 3.06. The highest BCUT2D eigenvalue weighted by Crippen LogP contribution is 2.07. The quantitative estimate of drug-likeness (QED) is 0.419. The molecule has 0 fully saturated rings. The summed E-state index contributed by atoms with van der Waals surface area (Å²) in [6, 6.07) is 0. The molecule has 0 aliphatic heterocycles. The Labute approximate surface area is 95.0 Å². The van der Waals surface area contributed by atoms with E-state index in [1.807, 2.05) is 0 Å². The van der Waals surface area contributed by atoms with Crippen LogP contribution in [0.4, 0.5) is 0 Å². The summed E-state index contributed by atoms with van der Waals surface area (Å²) >= 11 is 0. The first kappa shape index (κ1) is 14.9. The molecule has 0 rings (SSSR count). The lowest BCUT2D eigenvalue weighted by Gasteiger charge is -2.11. The van der Waals surface area contributed by atoms with E-state index in [2.05, 4.69) is 13.8 Å².